The molecule has 1 rings (SSSR count). The van der Waals surface area contributed by atoms with Gasteiger partial charge in [-0.2, -0.15) is 0 Å². The molecular formula is C9H15N3O4. The average Bonchev–Trinajstić information content (AvgIpc) is 2.28. The summed E-state index contributed by atoms with van der Waals surface area (Å²) in [5, 5.41) is 3.59. The first-order chi connectivity index (χ1) is 7.67. The molecule has 1 aliphatic heterocycles. The summed E-state index contributed by atoms with van der Waals surface area (Å²) in [6.07, 6.45) is 0.579. The quantitative estimate of drug-likeness (QED) is 0.315. The monoisotopic (exact) mass is 229 g/mol. The van der Waals surface area contributed by atoms with E-state index in [4.69, 9.17) is 19.7 Å². The van der Waals surface area contributed by atoms with Gasteiger partial charge in [0.1, 0.15) is 6.61 Å². The van der Waals surface area contributed by atoms with Gasteiger partial charge in [-0.15, -0.1) is 0 Å². The molecule has 0 spiro atoms. The molecule has 3 atom stereocenters. The number of carbonyl (C=O) groups is 1. The third-order valence-electron chi connectivity index (χ3n) is 2.33. The maximum atomic E-state index is 10.6. The first-order valence-electron chi connectivity index (χ1n) is 5.03. The molecule has 1 fully saturated rings. The highest BCUT2D eigenvalue weighted by Gasteiger charge is 2.31. The number of ether oxygens (including phenoxy) is 3. The predicted octanol–water partition coefficient (Wildman–Crippen LogP) is 1.38. The Hall–Kier alpha value is -1.30. The van der Waals surface area contributed by atoms with E-state index in [0.717, 1.165) is 0 Å². The van der Waals surface area contributed by atoms with Gasteiger partial charge >= 0.3 is 5.97 Å². The first-order valence-corrected chi connectivity index (χ1v) is 5.03. The molecule has 7 heteroatoms. The second kappa shape index (κ2) is 6.32. The van der Waals surface area contributed by atoms with Gasteiger partial charge in [-0.25, -0.2) is 0 Å². The summed E-state index contributed by atoms with van der Waals surface area (Å²) in [6.45, 7) is 1.55. The van der Waals surface area contributed by atoms with E-state index in [-0.39, 0.29) is 24.7 Å². The van der Waals surface area contributed by atoms with Gasteiger partial charge in [0.2, 0.25) is 0 Å². The number of methoxy groups -OCH3 is 1. The zero-order valence-electron chi connectivity index (χ0n) is 9.33. The van der Waals surface area contributed by atoms with Gasteiger partial charge in [-0.1, -0.05) is 5.11 Å². The Balaban J connectivity index is 2.45. The summed E-state index contributed by atoms with van der Waals surface area (Å²) < 4.78 is 15.4. The lowest BCUT2D eigenvalue weighted by Crippen LogP contribution is -2.40. The Kier molecular flexibility index (Phi) is 5.04. The van der Waals surface area contributed by atoms with Crippen LogP contribution in [0.4, 0.5) is 0 Å². The standard InChI is InChI=1S/C9H15N3O4/c1-6(13)15-5-7-3-4-8(11-12-10)9(14-2)16-7/h7-9H,3-5H2,1-2H3/t7-,8+,9?/m0/s1. The minimum atomic E-state index is -0.565. The van der Waals surface area contributed by atoms with Crippen molar-refractivity contribution in [2.75, 3.05) is 13.7 Å². The minimum absolute atomic E-state index is 0.195. The van der Waals surface area contributed by atoms with Gasteiger partial charge in [0.15, 0.2) is 6.29 Å². The molecule has 1 aliphatic rings. The van der Waals surface area contributed by atoms with Crippen LogP contribution in [0.2, 0.25) is 0 Å². The molecular weight excluding hydrogens is 214 g/mol. The largest absolute Gasteiger partial charge is 0.463 e. The van der Waals surface area contributed by atoms with E-state index in [9.17, 15) is 4.79 Å². The summed E-state index contributed by atoms with van der Waals surface area (Å²) >= 11 is 0. The number of esters is 1. The van der Waals surface area contributed by atoms with Gasteiger partial charge in [0.25, 0.3) is 0 Å². The van der Waals surface area contributed by atoms with Crippen molar-refractivity contribution in [1.82, 2.24) is 0 Å². The van der Waals surface area contributed by atoms with E-state index in [1.165, 1.54) is 14.0 Å². The molecule has 0 bridgehead atoms. The number of nitrogens with zero attached hydrogens (tertiary/aromatic N) is 3. The fraction of sp³-hybridized carbons (Fsp3) is 0.889. The molecule has 0 aliphatic carbocycles. The molecule has 0 N–H and O–H groups in total. The number of carbonyl (C=O) groups excluding carboxylic acids is 1. The van der Waals surface area contributed by atoms with Crippen molar-refractivity contribution in [3.8, 4) is 0 Å². The van der Waals surface area contributed by atoms with E-state index in [0.29, 0.717) is 12.8 Å². The van der Waals surface area contributed by atoms with Crippen LogP contribution in [0.25, 0.3) is 10.4 Å². The van der Waals surface area contributed by atoms with Crippen LogP contribution in [-0.4, -0.2) is 38.1 Å². The molecule has 90 valence electrons. The van der Waals surface area contributed by atoms with Crippen LogP contribution in [0.5, 0.6) is 0 Å². The zero-order chi connectivity index (χ0) is 12.0. The summed E-state index contributed by atoms with van der Waals surface area (Å²) in [6, 6.07) is -0.316. The third-order valence-corrected chi connectivity index (χ3v) is 2.33. The average molecular weight is 229 g/mol. The maximum absolute atomic E-state index is 10.6. The Morgan fingerprint density at radius 2 is 2.38 bits per heavy atom. The topological polar surface area (TPSA) is 93.5 Å². The molecule has 7 nitrogen and oxygen atoms in total. The fourth-order valence-corrected chi connectivity index (χ4v) is 1.57. The molecule has 0 aromatic rings. The van der Waals surface area contributed by atoms with Crippen molar-refractivity contribution in [3.05, 3.63) is 10.4 Å². The highest BCUT2D eigenvalue weighted by Crippen LogP contribution is 2.23. The van der Waals surface area contributed by atoms with Crippen LogP contribution in [-0.2, 0) is 19.0 Å². The van der Waals surface area contributed by atoms with E-state index >= 15 is 0 Å². The summed E-state index contributed by atoms with van der Waals surface area (Å²) in [5.74, 6) is -0.338. The van der Waals surface area contributed by atoms with Gasteiger partial charge in [0.05, 0.1) is 12.1 Å². The van der Waals surface area contributed by atoms with Crippen molar-refractivity contribution in [1.29, 1.82) is 0 Å². The van der Waals surface area contributed by atoms with Crippen LogP contribution in [0.3, 0.4) is 0 Å². The lowest BCUT2D eigenvalue weighted by molar-refractivity contribution is -0.201. The predicted molar refractivity (Wildman–Crippen MR) is 54.5 cm³/mol. The second-order valence-electron chi connectivity index (χ2n) is 3.51. The Labute approximate surface area is 93.3 Å². The summed E-state index contributed by atoms with van der Waals surface area (Å²) in [7, 11) is 1.48. The number of azide groups is 1. The van der Waals surface area contributed by atoms with Crippen LogP contribution >= 0.6 is 0 Å². The highest BCUT2D eigenvalue weighted by atomic mass is 16.7. The normalized spacial score (nSPS) is 29.2. The molecule has 1 heterocycles. The van der Waals surface area contributed by atoms with Crippen LogP contribution < -0.4 is 0 Å². The zero-order valence-corrected chi connectivity index (χ0v) is 9.33. The van der Waals surface area contributed by atoms with E-state index < -0.39 is 6.29 Å². The molecule has 0 amide bonds. The smallest absolute Gasteiger partial charge is 0.302 e. The molecule has 0 radical (unpaired) electrons. The van der Waals surface area contributed by atoms with Crippen LogP contribution in [0, 0.1) is 0 Å². The van der Waals surface area contributed by atoms with Crippen LogP contribution in [0.1, 0.15) is 19.8 Å². The Morgan fingerprint density at radius 1 is 1.62 bits per heavy atom. The summed E-state index contributed by atoms with van der Waals surface area (Å²) in [5.41, 5.74) is 8.35. The molecule has 0 aromatic carbocycles. The Morgan fingerprint density at radius 3 is 2.94 bits per heavy atom. The third kappa shape index (κ3) is 3.69. The van der Waals surface area contributed by atoms with Crippen LogP contribution in [0.15, 0.2) is 5.11 Å². The number of rotatable bonds is 4. The molecule has 0 aromatic heterocycles. The van der Waals surface area contributed by atoms with Gasteiger partial charge in [0, 0.05) is 18.9 Å². The fourth-order valence-electron chi connectivity index (χ4n) is 1.57. The first kappa shape index (κ1) is 12.8. The lowest BCUT2D eigenvalue weighted by Gasteiger charge is -2.32. The van der Waals surface area contributed by atoms with Crippen molar-refractivity contribution in [2.24, 2.45) is 5.11 Å². The van der Waals surface area contributed by atoms with Gasteiger partial charge < -0.3 is 14.2 Å². The molecule has 1 unspecified atom stereocenters. The maximum Gasteiger partial charge on any atom is 0.302 e. The van der Waals surface area contributed by atoms with Crippen molar-refractivity contribution in [3.63, 3.8) is 0 Å². The van der Waals surface area contributed by atoms with Gasteiger partial charge in [-0.3, -0.25) is 4.79 Å². The van der Waals surface area contributed by atoms with E-state index in [1.54, 1.807) is 0 Å². The summed E-state index contributed by atoms with van der Waals surface area (Å²) in [4.78, 5) is 13.4. The number of hydrogen-bond acceptors (Lipinski definition) is 5. The van der Waals surface area contributed by atoms with Gasteiger partial charge in [-0.05, 0) is 18.4 Å². The second-order valence-corrected chi connectivity index (χ2v) is 3.51. The van der Waals surface area contributed by atoms with Crippen molar-refractivity contribution in [2.45, 2.75) is 38.2 Å². The van der Waals surface area contributed by atoms with Crippen molar-refractivity contribution >= 4 is 5.97 Å². The van der Waals surface area contributed by atoms with E-state index in [2.05, 4.69) is 10.0 Å². The highest BCUT2D eigenvalue weighted by molar-refractivity contribution is 5.65. The SMILES string of the molecule is COC1O[C@H](COC(C)=O)CC[C@H]1N=[N+]=[N-]. The molecule has 0 saturated carbocycles. The lowest BCUT2D eigenvalue weighted by atomic mass is 10.0. The molecule has 1 saturated heterocycles. The number of hydrogen-bond donors (Lipinski definition) is 0. The minimum Gasteiger partial charge on any atom is -0.463 e. The molecule has 16 heavy (non-hydrogen) atoms. The van der Waals surface area contributed by atoms with Crippen molar-refractivity contribution < 1.29 is 19.0 Å². The Bertz CT molecular complexity index is 290. The van der Waals surface area contributed by atoms with E-state index in [1.807, 2.05) is 0 Å².